The lowest BCUT2D eigenvalue weighted by molar-refractivity contribution is -0.117. The fourth-order valence-corrected chi connectivity index (χ4v) is 3.51. The Labute approximate surface area is 135 Å². The lowest BCUT2D eigenvalue weighted by Gasteiger charge is -2.17. The molecule has 1 fully saturated rings. The van der Waals surface area contributed by atoms with Crippen LogP contribution in [0.5, 0.6) is 0 Å². The number of benzene rings is 1. The number of anilines is 1. The first kappa shape index (κ1) is 16.0. The summed E-state index contributed by atoms with van der Waals surface area (Å²) >= 11 is 4.47. The van der Waals surface area contributed by atoms with Gasteiger partial charge in [0.15, 0.2) is 5.12 Å². The van der Waals surface area contributed by atoms with Crippen molar-refractivity contribution < 1.29 is 19.1 Å². The second-order valence-corrected chi connectivity index (χ2v) is 6.93. The van der Waals surface area contributed by atoms with E-state index in [4.69, 9.17) is 4.74 Å². The Balaban J connectivity index is 2.24. The Bertz CT molecular complexity index is 605. The molecule has 0 spiro atoms. The van der Waals surface area contributed by atoms with E-state index in [2.05, 4.69) is 15.9 Å². The van der Waals surface area contributed by atoms with Crippen LogP contribution < -0.4 is 4.90 Å². The highest BCUT2D eigenvalue weighted by molar-refractivity contribution is 9.10. The summed E-state index contributed by atoms with van der Waals surface area (Å²) in [5, 5.41) is -0.0408. The van der Waals surface area contributed by atoms with Gasteiger partial charge in [0.2, 0.25) is 5.91 Å². The number of hydrogen-bond acceptors (Lipinski definition) is 5. The number of esters is 1. The Hall–Kier alpha value is -1.34. The molecule has 1 saturated heterocycles. The van der Waals surface area contributed by atoms with Crippen molar-refractivity contribution in [3.8, 4) is 0 Å². The van der Waals surface area contributed by atoms with Crippen LogP contribution in [0.15, 0.2) is 22.7 Å². The van der Waals surface area contributed by atoms with Crippen molar-refractivity contribution in [2.24, 2.45) is 0 Å². The third-order valence-electron chi connectivity index (χ3n) is 3.09. The highest BCUT2D eigenvalue weighted by atomic mass is 79.9. The van der Waals surface area contributed by atoms with Crippen LogP contribution in [0, 0.1) is 0 Å². The number of amides is 1. The average Bonchev–Trinajstić information content (AvgIpc) is 2.78. The van der Waals surface area contributed by atoms with Crippen molar-refractivity contribution in [3.05, 3.63) is 28.2 Å². The Kier molecular flexibility index (Phi) is 5.05. The Morgan fingerprint density at radius 2 is 2.14 bits per heavy atom. The topological polar surface area (TPSA) is 63.7 Å². The summed E-state index contributed by atoms with van der Waals surface area (Å²) in [7, 11) is 1.31. The van der Waals surface area contributed by atoms with E-state index in [1.807, 2.05) is 0 Å². The Morgan fingerprint density at radius 3 is 2.76 bits per heavy atom. The van der Waals surface area contributed by atoms with Gasteiger partial charge in [0.05, 0.1) is 12.7 Å². The molecule has 1 atom stereocenters. The number of halogens is 1. The smallest absolute Gasteiger partial charge is 0.339 e. The zero-order chi connectivity index (χ0) is 15.6. The molecule has 0 bridgehead atoms. The van der Waals surface area contributed by atoms with Crippen molar-refractivity contribution in [2.75, 3.05) is 18.6 Å². The van der Waals surface area contributed by atoms with Gasteiger partial charge in [-0.25, -0.2) is 4.79 Å². The first-order valence-corrected chi connectivity index (χ1v) is 7.95. The third kappa shape index (κ3) is 3.65. The van der Waals surface area contributed by atoms with Gasteiger partial charge in [-0.3, -0.25) is 9.59 Å². The molecule has 0 aliphatic carbocycles. The number of carbonyl (C=O) groups excluding carboxylic acids is 3. The van der Waals surface area contributed by atoms with Gasteiger partial charge in [-0.15, -0.1) is 0 Å². The first-order valence-electron chi connectivity index (χ1n) is 6.28. The van der Waals surface area contributed by atoms with Crippen LogP contribution in [0.4, 0.5) is 5.69 Å². The zero-order valence-corrected chi connectivity index (χ0v) is 14.0. The van der Waals surface area contributed by atoms with E-state index in [0.29, 0.717) is 28.7 Å². The van der Waals surface area contributed by atoms with Crippen molar-refractivity contribution in [1.29, 1.82) is 0 Å². The number of hydrogen-bond donors (Lipinski definition) is 0. The minimum atomic E-state index is -0.468. The van der Waals surface area contributed by atoms with Gasteiger partial charge in [-0.05, 0) is 34.1 Å². The second kappa shape index (κ2) is 6.62. The second-order valence-electron chi connectivity index (χ2n) is 4.60. The SMILES string of the molecule is COC(=O)c1cc(N2CC(SC(C)=O)CC2=O)ccc1Br. The van der Waals surface area contributed by atoms with Crippen molar-refractivity contribution in [1.82, 2.24) is 0 Å². The van der Waals surface area contributed by atoms with Crippen molar-refractivity contribution in [2.45, 2.75) is 18.6 Å². The predicted molar refractivity (Wildman–Crippen MR) is 84.5 cm³/mol. The molecule has 1 aliphatic rings. The van der Waals surface area contributed by atoms with E-state index in [-0.39, 0.29) is 16.3 Å². The van der Waals surface area contributed by atoms with E-state index < -0.39 is 5.97 Å². The first-order chi connectivity index (χ1) is 9.92. The monoisotopic (exact) mass is 371 g/mol. The summed E-state index contributed by atoms with van der Waals surface area (Å²) in [5.74, 6) is -0.517. The number of rotatable bonds is 3. The summed E-state index contributed by atoms with van der Waals surface area (Å²) in [6, 6.07) is 5.09. The summed E-state index contributed by atoms with van der Waals surface area (Å²) in [5.41, 5.74) is 1.00. The molecule has 112 valence electrons. The van der Waals surface area contributed by atoms with Gasteiger partial charge in [0.25, 0.3) is 0 Å². The molecule has 1 heterocycles. The van der Waals surface area contributed by atoms with E-state index in [0.717, 1.165) is 0 Å². The molecule has 1 amide bonds. The van der Waals surface area contributed by atoms with Crippen LogP contribution in [-0.2, 0) is 14.3 Å². The standard InChI is InChI=1S/C14H14BrNO4S/c1-8(17)21-10-6-13(18)16(7-10)9-3-4-12(15)11(5-9)14(19)20-2/h3-5,10H,6-7H2,1-2H3. The van der Waals surface area contributed by atoms with E-state index in [1.54, 1.807) is 23.1 Å². The molecule has 21 heavy (non-hydrogen) atoms. The maximum Gasteiger partial charge on any atom is 0.339 e. The predicted octanol–water partition coefficient (Wildman–Crippen LogP) is 2.62. The minimum absolute atomic E-state index is 0.000654. The fourth-order valence-electron chi connectivity index (χ4n) is 2.19. The molecule has 0 saturated carbocycles. The zero-order valence-electron chi connectivity index (χ0n) is 11.6. The molecule has 0 N–H and O–H groups in total. The molecule has 1 aromatic carbocycles. The molecule has 7 heteroatoms. The Morgan fingerprint density at radius 1 is 1.43 bits per heavy atom. The van der Waals surface area contributed by atoms with Crippen molar-refractivity contribution in [3.63, 3.8) is 0 Å². The fraction of sp³-hybridized carbons (Fsp3) is 0.357. The quantitative estimate of drug-likeness (QED) is 0.764. The average molecular weight is 372 g/mol. The molecule has 1 unspecified atom stereocenters. The van der Waals surface area contributed by atoms with Crippen molar-refractivity contribution >= 4 is 50.4 Å². The van der Waals surface area contributed by atoms with Gasteiger partial charge in [0.1, 0.15) is 0 Å². The van der Waals surface area contributed by atoms with Gasteiger partial charge < -0.3 is 9.64 Å². The van der Waals surface area contributed by atoms with Crippen LogP contribution in [0.2, 0.25) is 0 Å². The van der Waals surface area contributed by atoms with Crippen LogP contribution in [0.3, 0.4) is 0 Å². The number of carbonyl (C=O) groups is 3. The summed E-state index contributed by atoms with van der Waals surface area (Å²) < 4.78 is 5.32. The largest absolute Gasteiger partial charge is 0.465 e. The van der Waals surface area contributed by atoms with Gasteiger partial charge in [0, 0.05) is 35.3 Å². The van der Waals surface area contributed by atoms with Crippen LogP contribution in [-0.4, -0.2) is 35.9 Å². The minimum Gasteiger partial charge on any atom is -0.465 e. The van der Waals surface area contributed by atoms with E-state index in [9.17, 15) is 14.4 Å². The maximum absolute atomic E-state index is 12.1. The number of ether oxygens (including phenoxy) is 1. The molecule has 1 aliphatic heterocycles. The number of nitrogens with zero attached hydrogens (tertiary/aromatic N) is 1. The third-order valence-corrected chi connectivity index (χ3v) is 4.76. The molecule has 1 aromatic rings. The molecule has 0 radical (unpaired) electrons. The van der Waals surface area contributed by atoms with E-state index in [1.165, 1.54) is 25.8 Å². The van der Waals surface area contributed by atoms with E-state index >= 15 is 0 Å². The van der Waals surface area contributed by atoms with Gasteiger partial charge >= 0.3 is 5.97 Å². The number of methoxy groups -OCH3 is 1. The van der Waals surface area contributed by atoms with Crippen LogP contribution in [0.25, 0.3) is 0 Å². The molecular formula is C14H14BrNO4S. The lowest BCUT2D eigenvalue weighted by Crippen LogP contribution is -2.25. The van der Waals surface area contributed by atoms with Crippen LogP contribution in [0.1, 0.15) is 23.7 Å². The summed E-state index contributed by atoms with van der Waals surface area (Å²) in [4.78, 5) is 36.5. The maximum atomic E-state index is 12.1. The summed E-state index contributed by atoms with van der Waals surface area (Å²) in [6.07, 6.45) is 0.327. The molecule has 2 rings (SSSR count). The number of thioether (sulfide) groups is 1. The highest BCUT2D eigenvalue weighted by Gasteiger charge is 2.32. The van der Waals surface area contributed by atoms with Gasteiger partial charge in [-0.2, -0.15) is 0 Å². The lowest BCUT2D eigenvalue weighted by atomic mass is 10.2. The summed E-state index contributed by atoms with van der Waals surface area (Å²) in [6.45, 7) is 1.96. The van der Waals surface area contributed by atoms with Gasteiger partial charge in [-0.1, -0.05) is 11.8 Å². The van der Waals surface area contributed by atoms with Crippen LogP contribution >= 0.6 is 27.7 Å². The molecule has 0 aromatic heterocycles. The normalized spacial score (nSPS) is 18.0. The molecular weight excluding hydrogens is 358 g/mol. The highest BCUT2D eigenvalue weighted by Crippen LogP contribution is 2.31. The molecule has 5 nitrogen and oxygen atoms in total.